The molecule has 8 heteroatoms. The molecule has 30 heavy (non-hydrogen) atoms. The predicted octanol–water partition coefficient (Wildman–Crippen LogP) is 3.81. The number of fused-ring (bicyclic) bond motifs is 1. The van der Waals surface area contributed by atoms with Crippen LogP contribution in [0.3, 0.4) is 0 Å². The first-order chi connectivity index (χ1) is 14.4. The Morgan fingerprint density at radius 3 is 2.47 bits per heavy atom. The van der Waals surface area contributed by atoms with Gasteiger partial charge in [-0.2, -0.15) is 4.31 Å². The van der Waals surface area contributed by atoms with Crippen LogP contribution in [0.15, 0.2) is 58.2 Å². The number of hydrogen-bond donors (Lipinski definition) is 1. The van der Waals surface area contributed by atoms with Crippen molar-refractivity contribution in [3.05, 3.63) is 70.3 Å². The van der Waals surface area contributed by atoms with Crippen molar-refractivity contribution in [3.63, 3.8) is 0 Å². The molecule has 1 N–H and O–H groups in total. The van der Waals surface area contributed by atoms with Crippen molar-refractivity contribution in [1.29, 1.82) is 0 Å². The summed E-state index contributed by atoms with van der Waals surface area (Å²) in [5.41, 5.74) is 0.677. The third-order valence-corrected chi connectivity index (χ3v) is 7.52. The molecule has 1 aromatic heterocycles. The lowest BCUT2D eigenvalue weighted by Gasteiger charge is -2.28. The fourth-order valence-corrected chi connectivity index (χ4v) is 5.65. The summed E-state index contributed by atoms with van der Waals surface area (Å²) in [5, 5.41) is 0.759. The summed E-state index contributed by atoms with van der Waals surface area (Å²) in [6, 6.07) is 11.6. The molecule has 0 saturated heterocycles. The van der Waals surface area contributed by atoms with Crippen molar-refractivity contribution in [3.8, 4) is 5.75 Å². The Kier molecular flexibility index (Phi) is 5.62. The highest BCUT2D eigenvalue weighted by atomic mass is 32.2. The second-order valence-electron chi connectivity index (χ2n) is 7.52. The van der Waals surface area contributed by atoms with Gasteiger partial charge in [0.2, 0.25) is 10.0 Å². The van der Waals surface area contributed by atoms with Gasteiger partial charge in [0.25, 0.3) is 5.56 Å². The fraction of sp³-hybridized carbons (Fsp3) is 0.318. The minimum atomic E-state index is -3.89. The third kappa shape index (κ3) is 3.97. The zero-order valence-corrected chi connectivity index (χ0v) is 17.4. The van der Waals surface area contributed by atoms with Gasteiger partial charge in [0.1, 0.15) is 11.6 Å². The van der Waals surface area contributed by atoms with Gasteiger partial charge < -0.3 is 9.72 Å². The average molecular weight is 431 g/mol. The number of aromatic amines is 1. The van der Waals surface area contributed by atoms with Crippen molar-refractivity contribution < 1.29 is 17.5 Å². The highest BCUT2D eigenvalue weighted by Gasteiger charge is 2.34. The van der Waals surface area contributed by atoms with E-state index in [1.165, 1.54) is 16.4 Å². The number of halogens is 1. The largest absolute Gasteiger partial charge is 0.497 e. The Morgan fingerprint density at radius 2 is 1.80 bits per heavy atom. The van der Waals surface area contributed by atoms with Crippen LogP contribution in [0.5, 0.6) is 5.75 Å². The molecule has 1 aliphatic rings. The number of rotatable bonds is 6. The maximum Gasteiger partial charge on any atom is 0.252 e. The molecule has 0 aliphatic heterocycles. The Hall–Kier alpha value is -2.71. The van der Waals surface area contributed by atoms with Gasteiger partial charge in [-0.25, -0.2) is 12.8 Å². The summed E-state index contributed by atoms with van der Waals surface area (Å²) in [4.78, 5) is 15.5. The van der Waals surface area contributed by atoms with Crippen molar-refractivity contribution in [1.82, 2.24) is 9.29 Å². The normalized spacial score (nSPS) is 15.2. The molecule has 0 atom stereocenters. The molecule has 0 spiro atoms. The summed E-state index contributed by atoms with van der Waals surface area (Å²) in [7, 11) is -2.33. The standard InChI is InChI=1S/C22H23FN2O4S/c1-29-19-8-11-21-15(13-19)12-16(22(26)24-21)14-25(18-4-2-3-5-18)30(27,28)20-9-6-17(23)7-10-20/h6-13,18H,2-5,14H2,1H3,(H,24,26). The molecule has 0 amide bonds. The van der Waals surface area contributed by atoms with Crippen LogP contribution in [0.25, 0.3) is 10.9 Å². The number of sulfonamides is 1. The number of hydrogen-bond acceptors (Lipinski definition) is 4. The summed E-state index contributed by atoms with van der Waals surface area (Å²) < 4.78 is 46.7. The van der Waals surface area contributed by atoms with Crippen LogP contribution in [0.4, 0.5) is 4.39 Å². The van der Waals surface area contributed by atoms with Crippen molar-refractivity contribution in [2.75, 3.05) is 7.11 Å². The van der Waals surface area contributed by atoms with Gasteiger partial charge in [-0.3, -0.25) is 4.79 Å². The highest BCUT2D eigenvalue weighted by molar-refractivity contribution is 7.89. The van der Waals surface area contributed by atoms with Gasteiger partial charge >= 0.3 is 0 Å². The number of ether oxygens (including phenoxy) is 1. The molecule has 6 nitrogen and oxygen atoms in total. The summed E-state index contributed by atoms with van der Waals surface area (Å²) in [6.07, 6.45) is 3.34. The second-order valence-corrected chi connectivity index (χ2v) is 9.41. The molecule has 3 aromatic rings. The molecule has 4 rings (SSSR count). The summed E-state index contributed by atoms with van der Waals surface area (Å²) in [5.74, 6) is 0.147. The molecular weight excluding hydrogens is 407 g/mol. The van der Waals surface area contributed by atoms with E-state index in [2.05, 4.69) is 4.98 Å². The van der Waals surface area contributed by atoms with Gasteiger partial charge in [0.05, 0.1) is 12.0 Å². The number of methoxy groups -OCH3 is 1. The minimum Gasteiger partial charge on any atom is -0.497 e. The first-order valence-electron chi connectivity index (χ1n) is 9.86. The zero-order chi connectivity index (χ0) is 21.3. The lowest BCUT2D eigenvalue weighted by Crippen LogP contribution is -2.39. The smallest absolute Gasteiger partial charge is 0.252 e. The van der Waals surface area contributed by atoms with Crippen LogP contribution >= 0.6 is 0 Å². The third-order valence-electron chi connectivity index (χ3n) is 5.61. The lowest BCUT2D eigenvalue weighted by atomic mass is 10.1. The quantitative estimate of drug-likeness (QED) is 0.645. The van der Waals surface area contributed by atoms with Crippen LogP contribution < -0.4 is 10.3 Å². The van der Waals surface area contributed by atoms with Crippen LogP contribution in [0.2, 0.25) is 0 Å². The van der Waals surface area contributed by atoms with E-state index in [1.807, 2.05) is 0 Å². The number of nitrogens with one attached hydrogen (secondary N) is 1. The molecular formula is C22H23FN2O4S. The van der Waals surface area contributed by atoms with Crippen LogP contribution in [0, 0.1) is 5.82 Å². The van der Waals surface area contributed by atoms with Crippen molar-refractivity contribution >= 4 is 20.9 Å². The molecule has 0 bridgehead atoms. The Bertz CT molecular complexity index is 1220. The van der Waals surface area contributed by atoms with Gasteiger partial charge in [-0.05, 0) is 61.4 Å². The van der Waals surface area contributed by atoms with Gasteiger partial charge in [0, 0.05) is 29.1 Å². The van der Waals surface area contributed by atoms with E-state index in [4.69, 9.17) is 4.74 Å². The van der Waals surface area contributed by atoms with E-state index < -0.39 is 15.8 Å². The van der Waals surface area contributed by atoms with Crippen LogP contribution in [-0.2, 0) is 16.6 Å². The Labute approximate surface area is 174 Å². The van der Waals surface area contributed by atoms with E-state index in [1.54, 1.807) is 31.4 Å². The first-order valence-corrected chi connectivity index (χ1v) is 11.3. The number of nitrogens with zero attached hydrogens (tertiary/aromatic N) is 1. The van der Waals surface area contributed by atoms with Gasteiger partial charge in [-0.1, -0.05) is 12.8 Å². The second kappa shape index (κ2) is 8.20. The minimum absolute atomic E-state index is 0.0229. The van der Waals surface area contributed by atoms with Gasteiger partial charge in [0.15, 0.2) is 0 Å². The van der Waals surface area contributed by atoms with Crippen LogP contribution in [0.1, 0.15) is 31.2 Å². The predicted molar refractivity (Wildman–Crippen MR) is 113 cm³/mol. The maximum absolute atomic E-state index is 13.4. The van der Waals surface area contributed by atoms with Crippen molar-refractivity contribution in [2.45, 2.75) is 43.2 Å². The average Bonchev–Trinajstić information content (AvgIpc) is 3.26. The van der Waals surface area contributed by atoms with E-state index in [9.17, 15) is 17.6 Å². The first kappa shape index (κ1) is 20.6. The van der Waals surface area contributed by atoms with E-state index in [-0.39, 0.29) is 23.0 Å². The van der Waals surface area contributed by atoms with Crippen molar-refractivity contribution in [2.24, 2.45) is 0 Å². The number of benzene rings is 2. The molecule has 1 aliphatic carbocycles. The summed E-state index contributed by atoms with van der Waals surface area (Å²) in [6.45, 7) is -0.0488. The molecule has 2 aromatic carbocycles. The highest BCUT2D eigenvalue weighted by Crippen LogP contribution is 2.30. The van der Waals surface area contributed by atoms with Gasteiger partial charge in [-0.15, -0.1) is 0 Å². The maximum atomic E-state index is 13.4. The molecule has 1 heterocycles. The fourth-order valence-electron chi connectivity index (χ4n) is 3.99. The van der Waals surface area contributed by atoms with E-state index in [0.717, 1.165) is 43.2 Å². The number of H-pyrrole nitrogens is 1. The monoisotopic (exact) mass is 430 g/mol. The number of aromatic nitrogens is 1. The molecule has 0 unspecified atom stereocenters. The molecule has 0 radical (unpaired) electrons. The number of pyridine rings is 1. The zero-order valence-electron chi connectivity index (χ0n) is 16.6. The van der Waals surface area contributed by atoms with Crippen LogP contribution in [-0.4, -0.2) is 30.9 Å². The Morgan fingerprint density at radius 1 is 1.10 bits per heavy atom. The lowest BCUT2D eigenvalue weighted by molar-refractivity contribution is 0.315. The van der Waals surface area contributed by atoms with E-state index in [0.29, 0.717) is 16.8 Å². The molecule has 1 fully saturated rings. The molecule has 158 valence electrons. The van der Waals surface area contributed by atoms with E-state index >= 15 is 0 Å². The topological polar surface area (TPSA) is 79.5 Å². The molecule has 1 saturated carbocycles. The Balaban J connectivity index is 1.76. The summed E-state index contributed by atoms with van der Waals surface area (Å²) >= 11 is 0. The SMILES string of the molecule is COc1ccc2[nH]c(=O)c(CN(C3CCCC3)S(=O)(=O)c3ccc(F)cc3)cc2c1.